The number of unbranched alkanes of at least 4 members (excludes halogenated alkanes) is 3. The van der Waals surface area contributed by atoms with Crippen LogP contribution in [0.3, 0.4) is 0 Å². The van der Waals surface area contributed by atoms with E-state index in [2.05, 4.69) is 51.1 Å². The fourth-order valence-corrected chi connectivity index (χ4v) is 8.04. The average molecular weight is 1150 g/mol. The Balaban J connectivity index is 0.000000483. The Labute approximate surface area is 476 Å². The standard InChI is InChI=1S/C36H41ClN6O8.C17H27N5O5.C3H8/c1-38-33(46)32(4-3-15-44)43-21-27-18-25(7-12-30(27)34(43)47)20-39-35(48)41-29-11-8-26(31(37)19-29)13-16-50-17-14-42(2)36(49)51-22-24-5-9-28(10-6-24)40-23-45;18-17(27)20-10-4-3-9-19-14(24)12-21-13(23)6-2-1-5-11-22-15(25)7-8-16(22)26;1-3-2/h5-12,15,18-19,23,32H,3-4,13-14,16-17,20-22H2,1-2H3,(H,38,46)(H,40,45)(H2,39,41,48);7-8H,1-6,9-12H2,(H,19,24)(H,21,23)(H3,18,20,27);3H2,1-2H3. The largest absolute Gasteiger partial charge is 0.445 e. The van der Waals surface area contributed by atoms with Crippen LogP contribution in [-0.4, -0.2) is 147 Å². The lowest BCUT2D eigenvalue weighted by Crippen LogP contribution is -2.46. The highest BCUT2D eigenvalue weighted by Crippen LogP contribution is 2.28. The first-order valence-electron chi connectivity index (χ1n) is 26.7. The van der Waals surface area contributed by atoms with Gasteiger partial charge in [0, 0.05) is 100 Å². The van der Waals surface area contributed by atoms with E-state index in [0.29, 0.717) is 106 Å². The van der Waals surface area contributed by atoms with E-state index in [0.717, 1.165) is 28.5 Å². The Morgan fingerprint density at radius 2 is 1.48 bits per heavy atom. The molecule has 0 radical (unpaired) electrons. The van der Waals surface area contributed by atoms with Gasteiger partial charge in [-0.15, -0.1) is 0 Å². The summed E-state index contributed by atoms with van der Waals surface area (Å²) in [7, 11) is 3.11. The highest BCUT2D eigenvalue weighted by atomic mass is 35.5. The number of likely N-dealkylation sites (N-methyl/N-ethyl adjacent to an activating group) is 2. The molecule has 25 heteroatoms. The van der Waals surface area contributed by atoms with Crippen LogP contribution in [0.4, 0.5) is 25.8 Å². The summed E-state index contributed by atoms with van der Waals surface area (Å²) in [5.41, 5.74) is 9.69. The van der Waals surface area contributed by atoms with E-state index in [-0.39, 0.29) is 80.9 Å². The molecule has 3 aromatic rings. The Hall–Kier alpha value is -8.38. The summed E-state index contributed by atoms with van der Waals surface area (Å²) < 4.78 is 11.0. The van der Waals surface area contributed by atoms with Crippen LogP contribution in [0.25, 0.3) is 0 Å². The smallest absolute Gasteiger partial charge is 0.409 e. The number of hydrogen-bond acceptors (Lipinski definition) is 13. The zero-order valence-electron chi connectivity index (χ0n) is 46.4. The molecule has 2 aliphatic heterocycles. The number of nitrogens with zero attached hydrogens (tertiary/aromatic N) is 3. The van der Waals surface area contributed by atoms with Crippen molar-refractivity contribution in [3.63, 3.8) is 0 Å². The Kier molecular flexibility index (Phi) is 31.0. The maximum atomic E-state index is 13.0. The summed E-state index contributed by atoms with van der Waals surface area (Å²) in [4.78, 5) is 132. The van der Waals surface area contributed by atoms with Crippen molar-refractivity contribution < 1.29 is 62.2 Å². The number of rotatable bonds is 31. The molecule has 0 spiro atoms. The maximum Gasteiger partial charge on any atom is 0.409 e. The third-order valence-electron chi connectivity index (χ3n) is 12.0. The monoisotopic (exact) mass is 1150 g/mol. The minimum Gasteiger partial charge on any atom is -0.445 e. The lowest BCUT2D eigenvalue weighted by Gasteiger charge is -2.25. The number of carbonyl (C=O) groups excluding carboxylic acids is 11. The number of nitrogens with two attached hydrogens (primary N) is 1. The second kappa shape index (κ2) is 37.5. The minimum atomic E-state index is -0.751. The molecule has 24 nitrogen and oxygen atoms in total. The fourth-order valence-electron chi connectivity index (χ4n) is 7.77. The van der Waals surface area contributed by atoms with Crippen molar-refractivity contribution in [1.82, 2.24) is 41.3 Å². The zero-order valence-corrected chi connectivity index (χ0v) is 47.2. The second-order valence-electron chi connectivity index (χ2n) is 18.5. The topological polar surface area (TPSA) is 326 Å². The zero-order chi connectivity index (χ0) is 59.5. The number of benzene rings is 3. The summed E-state index contributed by atoms with van der Waals surface area (Å²) in [6.07, 6.45) is 9.12. The number of imide groups is 1. The van der Waals surface area contributed by atoms with Gasteiger partial charge in [0.1, 0.15) is 18.9 Å². The molecule has 0 saturated heterocycles. The normalized spacial score (nSPS) is 12.3. The molecule has 81 heavy (non-hydrogen) atoms. The van der Waals surface area contributed by atoms with E-state index < -0.39 is 24.2 Å². The lowest BCUT2D eigenvalue weighted by atomic mass is 10.1. The van der Waals surface area contributed by atoms with Gasteiger partial charge in [0.2, 0.25) is 24.1 Å². The predicted octanol–water partition coefficient (Wildman–Crippen LogP) is 4.68. The van der Waals surface area contributed by atoms with Crippen molar-refractivity contribution in [3.8, 4) is 0 Å². The number of halogens is 1. The number of ether oxygens (including phenoxy) is 2. The van der Waals surface area contributed by atoms with Crippen LogP contribution in [0.1, 0.15) is 104 Å². The molecule has 1 unspecified atom stereocenters. The molecule has 3 aromatic carbocycles. The molecular formula is C56H76ClN11O13. The van der Waals surface area contributed by atoms with E-state index in [1.807, 2.05) is 6.07 Å². The number of hydrogen-bond donors (Lipinski definition) is 8. The highest BCUT2D eigenvalue weighted by molar-refractivity contribution is 6.31. The van der Waals surface area contributed by atoms with Gasteiger partial charge in [0.25, 0.3) is 17.7 Å². The van der Waals surface area contributed by atoms with Gasteiger partial charge in [-0.25, -0.2) is 14.4 Å². The van der Waals surface area contributed by atoms with Crippen molar-refractivity contribution in [2.75, 3.05) is 70.7 Å². The first kappa shape index (κ1) is 66.9. The summed E-state index contributed by atoms with van der Waals surface area (Å²) >= 11 is 6.47. The lowest BCUT2D eigenvalue weighted by molar-refractivity contribution is -0.137. The van der Waals surface area contributed by atoms with E-state index >= 15 is 0 Å². The van der Waals surface area contributed by atoms with Crippen LogP contribution in [0.15, 0.2) is 72.8 Å². The van der Waals surface area contributed by atoms with Gasteiger partial charge in [-0.05, 0) is 91.1 Å². The number of nitrogens with one attached hydrogen (secondary N) is 7. The molecule has 1 atom stereocenters. The molecule has 0 aliphatic carbocycles. The number of anilines is 2. The van der Waals surface area contributed by atoms with Crippen molar-refractivity contribution in [3.05, 3.63) is 106 Å². The summed E-state index contributed by atoms with van der Waals surface area (Å²) in [5.74, 6) is -1.69. The number of urea groups is 2. The van der Waals surface area contributed by atoms with Crippen molar-refractivity contribution in [2.24, 2.45) is 5.73 Å². The first-order chi connectivity index (χ1) is 38.9. The van der Waals surface area contributed by atoms with E-state index in [4.69, 9.17) is 26.8 Å². The van der Waals surface area contributed by atoms with Crippen LogP contribution >= 0.6 is 11.6 Å². The Morgan fingerprint density at radius 3 is 2.14 bits per heavy atom. The molecule has 0 saturated carbocycles. The summed E-state index contributed by atoms with van der Waals surface area (Å²) in [6, 6.07) is 15.6. The van der Waals surface area contributed by atoms with Crippen LogP contribution < -0.4 is 43.0 Å². The Bertz CT molecular complexity index is 2620. The van der Waals surface area contributed by atoms with Crippen LogP contribution in [-0.2, 0) is 69.2 Å². The Morgan fingerprint density at radius 1 is 0.802 bits per heavy atom. The molecule has 12 amide bonds. The highest BCUT2D eigenvalue weighted by Gasteiger charge is 2.36. The molecular weight excluding hydrogens is 1070 g/mol. The molecule has 0 aromatic heterocycles. The number of primary amides is 1. The molecule has 440 valence electrons. The van der Waals surface area contributed by atoms with Gasteiger partial charge in [-0.2, -0.15) is 0 Å². The van der Waals surface area contributed by atoms with Crippen molar-refractivity contribution in [2.45, 2.75) is 104 Å². The third kappa shape index (κ3) is 25.1. The number of fused-ring (bicyclic) bond motifs is 1. The van der Waals surface area contributed by atoms with Gasteiger partial charge in [0.15, 0.2) is 0 Å². The molecule has 0 bridgehead atoms. The SMILES string of the molecule is CCC.CNC(=O)C(CCC=O)N1Cc2cc(CNC(=O)Nc3ccc(CCOCCN(C)C(=O)OCc4ccc(NC=O)cc4)c(Cl)c3)ccc2C1=O.NC(=O)NCCCCNC(=O)CNC(=O)CCCCCN1C(=O)C=CC1=O. The molecule has 9 N–H and O–H groups in total. The first-order valence-corrected chi connectivity index (χ1v) is 27.1. The van der Waals surface area contributed by atoms with Gasteiger partial charge in [0.05, 0.1) is 19.8 Å². The summed E-state index contributed by atoms with van der Waals surface area (Å²) in [5, 5.41) is 18.8. The van der Waals surface area contributed by atoms with Gasteiger partial charge < -0.3 is 67.0 Å². The van der Waals surface area contributed by atoms with Gasteiger partial charge >= 0.3 is 18.2 Å². The fraction of sp³-hybridized carbons (Fsp3) is 0.446. The van der Waals surface area contributed by atoms with E-state index in [1.165, 1.54) is 40.3 Å². The van der Waals surface area contributed by atoms with Crippen LogP contribution in [0, 0.1) is 0 Å². The molecule has 2 aliphatic rings. The average Bonchev–Trinajstić information content (AvgIpc) is 4.08. The minimum absolute atomic E-state index is 0.0825. The van der Waals surface area contributed by atoms with Crippen LogP contribution in [0.2, 0.25) is 5.02 Å². The molecule has 2 heterocycles. The van der Waals surface area contributed by atoms with Gasteiger partial charge in [-0.3, -0.25) is 38.5 Å². The van der Waals surface area contributed by atoms with Gasteiger partial charge in [-0.1, -0.05) is 68.6 Å². The predicted molar refractivity (Wildman–Crippen MR) is 303 cm³/mol. The van der Waals surface area contributed by atoms with Crippen molar-refractivity contribution in [1.29, 1.82) is 0 Å². The molecule has 0 fully saturated rings. The van der Waals surface area contributed by atoms with Crippen molar-refractivity contribution >= 4 is 89.3 Å². The third-order valence-corrected chi connectivity index (χ3v) is 12.4. The van der Waals surface area contributed by atoms with E-state index in [9.17, 15) is 52.7 Å². The molecule has 5 rings (SSSR count). The number of carbonyl (C=O) groups is 11. The number of amides is 12. The summed E-state index contributed by atoms with van der Waals surface area (Å²) in [6.45, 7) is 6.95. The maximum absolute atomic E-state index is 13.0. The van der Waals surface area contributed by atoms with E-state index in [1.54, 1.807) is 61.6 Å². The number of aldehydes is 1. The second-order valence-corrected chi connectivity index (χ2v) is 18.9. The van der Waals surface area contributed by atoms with Crippen LogP contribution in [0.5, 0.6) is 0 Å². The quantitative estimate of drug-likeness (QED) is 0.0247.